The largest absolute Gasteiger partial charge is 0.494 e. The smallest absolute Gasteiger partial charge is 0.119 e. The standard InChI is InChI=1S/C18H31NO2/c1-4-13-20-17-8-10-18(11-9-17)21-14-7-5-6-12-19-15-16(2)3/h8-11,16,19H,4-7,12-15H2,1-3H3. The molecule has 3 nitrogen and oxygen atoms in total. The van der Waals surface area contributed by atoms with Crippen molar-refractivity contribution in [3.63, 3.8) is 0 Å². The van der Waals surface area contributed by atoms with Crippen molar-refractivity contribution in [3.05, 3.63) is 24.3 Å². The van der Waals surface area contributed by atoms with E-state index in [1.165, 1.54) is 12.8 Å². The van der Waals surface area contributed by atoms with Crippen molar-refractivity contribution < 1.29 is 9.47 Å². The Kier molecular flexibility index (Phi) is 9.71. The normalized spacial score (nSPS) is 10.9. The molecule has 1 N–H and O–H groups in total. The van der Waals surface area contributed by atoms with Crippen molar-refractivity contribution in [2.45, 2.75) is 46.5 Å². The lowest BCUT2D eigenvalue weighted by Gasteiger charge is -2.09. The van der Waals surface area contributed by atoms with Crippen LogP contribution >= 0.6 is 0 Å². The molecule has 0 aliphatic heterocycles. The van der Waals surface area contributed by atoms with E-state index in [1.54, 1.807) is 0 Å². The fraction of sp³-hybridized carbons (Fsp3) is 0.667. The van der Waals surface area contributed by atoms with Crippen molar-refractivity contribution in [2.75, 3.05) is 26.3 Å². The molecule has 0 bridgehead atoms. The lowest BCUT2D eigenvalue weighted by atomic mass is 10.2. The molecule has 0 fully saturated rings. The van der Waals surface area contributed by atoms with E-state index in [-0.39, 0.29) is 0 Å². The maximum Gasteiger partial charge on any atom is 0.119 e. The second-order valence-electron chi connectivity index (χ2n) is 5.83. The van der Waals surface area contributed by atoms with E-state index >= 15 is 0 Å². The zero-order valence-corrected chi connectivity index (χ0v) is 13.9. The third-order valence-corrected chi connectivity index (χ3v) is 3.12. The van der Waals surface area contributed by atoms with Gasteiger partial charge >= 0.3 is 0 Å². The maximum absolute atomic E-state index is 5.73. The first-order valence-corrected chi connectivity index (χ1v) is 8.28. The molecule has 0 aliphatic rings. The molecule has 0 unspecified atom stereocenters. The summed E-state index contributed by atoms with van der Waals surface area (Å²) in [5.41, 5.74) is 0. The number of unbranched alkanes of at least 4 members (excludes halogenated alkanes) is 2. The van der Waals surface area contributed by atoms with E-state index in [0.29, 0.717) is 0 Å². The van der Waals surface area contributed by atoms with Gasteiger partial charge in [-0.05, 0) is 69.0 Å². The third-order valence-electron chi connectivity index (χ3n) is 3.12. The molecule has 3 heteroatoms. The van der Waals surface area contributed by atoms with Crippen LogP contribution in [0.4, 0.5) is 0 Å². The Morgan fingerprint density at radius 2 is 1.52 bits per heavy atom. The predicted molar refractivity (Wildman–Crippen MR) is 89.3 cm³/mol. The quantitative estimate of drug-likeness (QED) is 0.584. The molecule has 0 saturated carbocycles. The Morgan fingerprint density at radius 3 is 2.10 bits per heavy atom. The Hall–Kier alpha value is -1.22. The summed E-state index contributed by atoms with van der Waals surface area (Å²) in [5, 5.41) is 3.46. The Bertz CT molecular complexity index is 349. The molecule has 1 aromatic carbocycles. The van der Waals surface area contributed by atoms with Crippen LogP contribution in [0.2, 0.25) is 0 Å². The molecule has 1 rings (SSSR count). The molecular weight excluding hydrogens is 262 g/mol. The molecule has 0 heterocycles. The van der Waals surface area contributed by atoms with Crippen LogP contribution in [0.1, 0.15) is 46.5 Å². The molecule has 120 valence electrons. The van der Waals surface area contributed by atoms with Gasteiger partial charge in [-0.2, -0.15) is 0 Å². The van der Waals surface area contributed by atoms with Gasteiger partial charge in [0.2, 0.25) is 0 Å². The number of nitrogens with one attached hydrogen (secondary N) is 1. The van der Waals surface area contributed by atoms with Gasteiger partial charge in [0.15, 0.2) is 0 Å². The maximum atomic E-state index is 5.73. The lowest BCUT2D eigenvalue weighted by molar-refractivity contribution is 0.300. The number of benzene rings is 1. The first-order valence-electron chi connectivity index (χ1n) is 8.28. The number of hydrogen-bond acceptors (Lipinski definition) is 3. The van der Waals surface area contributed by atoms with Crippen LogP contribution in [0.3, 0.4) is 0 Å². The van der Waals surface area contributed by atoms with Crippen LogP contribution in [0.15, 0.2) is 24.3 Å². The highest BCUT2D eigenvalue weighted by Gasteiger charge is 1.97. The van der Waals surface area contributed by atoms with Gasteiger partial charge in [0.05, 0.1) is 13.2 Å². The third kappa shape index (κ3) is 9.35. The van der Waals surface area contributed by atoms with Crippen molar-refractivity contribution >= 4 is 0 Å². The van der Waals surface area contributed by atoms with Crippen LogP contribution in [0, 0.1) is 5.92 Å². The summed E-state index contributed by atoms with van der Waals surface area (Å²) in [6, 6.07) is 7.91. The summed E-state index contributed by atoms with van der Waals surface area (Å²) in [5.74, 6) is 2.58. The van der Waals surface area contributed by atoms with Crippen LogP contribution in [-0.2, 0) is 0 Å². The van der Waals surface area contributed by atoms with Gasteiger partial charge in [-0.15, -0.1) is 0 Å². The molecule has 1 aromatic rings. The lowest BCUT2D eigenvalue weighted by Crippen LogP contribution is -2.20. The summed E-state index contributed by atoms with van der Waals surface area (Å²) in [6.07, 6.45) is 4.57. The van der Waals surface area contributed by atoms with Gasteiger partial charge in [-0.3, -0.25) is 0 Å². The number of hydrogen-bond donors (Lipinski definition) is 1. The van der Waals surface area contributed by atoms with Gasteiger partial charge in [-0.1, -0.05) is 20.8 Å². The Balaban J connectivity index is 2.02. The zero-order valence-electron chi connectivity index (χ0n) is 13.9. The topological polar surface area (TPSA) is 30.5 Å². The average molecular weight is 293 g/mol. The zero-order chi connectivity index (χ0) is 15.3. The SMILES string of the molecule is CCCOc1ccc(OCCCCCNCC(C)C)cc1. The van der Waals surface area contributed by atoms with Crippen LogP contribution in [-0.4, -0.2) is 26.3 Å². The Labute approximate surface area is 130 Å². The second-order valence-corrected chi connectivity index (χ2v) is 5.83. The molecule has 0 saturated heterocycles. The summed E-state index contributed by atoms with van der Waals surface area (Å²) in [6.45, 7) is 10.4. The highest BCUT2D eigenvalue weighted by molar-refractivity contribution is 5.31. The molecule has 0 aliphatic carbocycles. The predicted octanol–water partition coefficient (Wildman–Crippen LogP) is 4.27. The minimum atomic E-state index is 0.734. The van der Waals surface area contributed by atoms with Gasteiger partial charge in [0.25, 0.3) is 0 Å². The highest BCUT2D eigenvalue weighted by atomic mass is 16.5. The van der Waals surface area contributed by atoms with E-state index in [2.05, 4.69) is 26.1 Å². The molecule has 0 amide bonds. The Morgan fingerprint density at radius 1 is 0.905 bits per heavy atom. The summed E-state index contributed by atoms with van der Waals surface area (Å²) < 4.78 is 11.3. The average Bonchev–Trinajstić information content (AvgIpc) is 2.48. The van der Waals surface area contributed by atoms with Crippen LogP contribution in [0.25, 0.3) is 0 Å². The number of rotatable bonds is 12. The molecule has 0 aromatic heterocycles. The fourth-order valence-electron chi connectivity index (χ4n) is 1.96. The van der Waals surface area contributed by atoms with E-state index < -0.39 is 0 Å². The van der Waals surface area contributed by atoms with E-state index in [4.69, 9.17) is 9.47 Å². The summed E-state index contributed by atoms with van der Waals surface area (Å²) in [4.78, 5) is 0. The molecular formula is C18H31NO2. The number of ether oxygens (including phenoxy) is 2. The minimum Gasteiger partial charge on any atom is -0.494 e. The first-order chi connectivity index (χ1) is 10.2. The van der Waals surface area contributed by atoms with Crippen molar-refractivity contribution in [2.24, 2.45) is 5.92 Å². The molecule has 0 radical (unpaired) electrons. The van der Waals surface area contributed by atoms with Gasteiger partial charge in [0, 0.05) is 0 Å². The van der Waals surface area contributed by atoms with Gasteiger partial charge < -0.3 is 14.8 Å². The van der Waals surface area contributed by atoms with Gasteiger partial charge in [0.1, 0.15) is 11.5 Å². The monoisotopic (exact) mass is 293 g/mol. The second kappa shape index (κ2) is 11.4. The molecule has 0 atom stereocenters. The van der Waals surface area contributed by atoms with E-state index in [0.717, 1.165) is 56.6 Å². The van der Waals surface area contributed by atoms with Gasteiger partial charge in [-0.25, -0.2) is 0 Å². The van der Waals surface area contributed by atoms with Crippen molar-refractivity contribution in [1.82, 2.24) is 5.32 Å². The minimum absolute atomic E-state index is 0.734. The van der Waals surface area contributed by atoms with Crippen molar-refractivity contribution in [1.29, 1.82) is 0 Å². The highest BCUT2D eigenvalue weighted by Crippen LogP contribution is 2.18. The van der Waals surface area contributed by atoms with E-state index in [9.17, 15) is 0 Å². The molecule has 21 heavy (non-hydrogen) atoms. The fourth-order valence-corrected chi connectivity index (χ4v) is 1.96. The summed E-state index contributed by atoms with van der Waals surface area (Å²) >= 11 is 0. The first kappa shape index (κ1) is 17.8. The summed E-state index contributed by atoms with van der Waals surface area (Å²) in [7, 11) is 0. The van der Waals surface area contributed by atoms with Crippen LogP contribution < -0.4 is 14.8 Å². The van der Waals surface area contributed by atoms with Crippen molar-refractivity contribution in [3.8, 4) is 11.5 Å². The van der Waals surface area contributed by atoms with Crippen LogP contribution in [0.5, 0.6) is 11.5 Å². The van der Waals surface area contributed by atoms with E-state index in [1.807, 2.05) is 24.3 Å². The molecule has 0 spiro atoms.